The molecule has 0 unspecified atom stereocenters. The van der Waals surface area contributed by atoms with Crippen LogP contribution in [-0.2, 0) is 4.74 Å². The number of aryl methyl sites for hydroxylation is 1. The summed E-state index contributed by atoms with van der Waals surface area (Å²) < 4.78 is 11.0. The third kappa shape index (κ3) is 3.12. The molecule has 0 N–H and O–H groups in total. The van der Waals surface area contributed by atoms with Gasteiger partial charge < -0.3 is 19.1 Å². The van der Waals surface area contributed by atoms with Crippen molar-refractivity contribution in [1.29, 1.82) is 0 Å². The zero-order valence-corrected chi connectivity index (χ0v) is 14.4. The van der Waals surface area contributed by atoms with Crippen LogP contribution in [0.15, 0.2) is 28.8 Å². The second kappa shape index (κ2) is 6.60. The molecular formula is C17H22N4O3. The highest BCUT2D eigenvalue weighted by molar-refractivity contribution is 5.95. The second-order valence-electron chi connectivity index (χ2n) is 6.14. The Labute approximate surface area is 141 Å². The fraction of sp³-hybridized carbons (Fsp3) is 0.471. The fourth-order valence-corrected chi connectivity index (χ4v) is 2.90. The number of hydrogen-bond acceptors (Lipinski definition) is 6. The topological polar surface area (TPSA) is 71.7 Å². The first-order valence-electron chi connectivity index (χ1n) is 7.97. The first-order valence-corrected chi connectivity index (χ1v) is 7.97. The lowest BCUT2D eigenvalue weighted by molar-refractivity contribution is -0.0600. The van der Waals surface area contributed by atoms with Gasteiger partial charge in [-0.3, -0.25) is 4.79 Å². The molecule has 2 atom stereocenters. The number of carbonyl (C=O) groups is 1. The van der Waals surface area contributed by atoms with Crippen molar-refractivity contribution in [3.05, 3.63) is 41.5 Å². The summed E-state index contributed by atoms with van der Waals surface area (Å²) in [5, 5.41) is 3.84. The van der Waals surface area contributed by atoms with E-state index in [-0.39, 0.29) is 18.1 Å². The van der Waals surface area contributed by atoms with Gasteiger partial charge >= 0.3 is 0 Å². The Balaban J connectivity index is 1.92. The highest BCUT2D eigenvalue weighted by atomic mass is 16.5. The molecule has 1 aliphatic rings. The number of morpholine rings is 1. The molecule has 24 heavy (non-hydrogen) atoms. The molecule has 7 nitrogen and oxygen atoms in total. The molecule has 1 aromatic carbocycles. The minimum atomic E-state index is -0.379. The van der Waals surface area contributed by atoms with E-state index in [1.54, 1.807) is 11.8 Å². The van der Waals surface area contributed by atoms with Crippen LogP contribution >= 0.6 is 0 Å². The monoisotopic (exact) mass is 330 g/mol. The Morgan fingerprint density at radius 3 is 2.83 bits per heavy atom. The lowest BCUT2D eigenvalue weighted by Gasteiger charge is -2.37. The lowest BCUT2D eigenvalue weighted by Crippen LogP contribution is -2.47. The van der Waals surface area contributed by atoms with E-state index < -0.39 is 0 Å². The summed E-state index contributed by atoms with van der Waals surface area (Å²) in [5.41, 5.74) is 1.61. The van der Waals surface area contributed by atoms with E-state index in [1.165, 1.54) is 0 Å². The zero-order valence-electron chi connectivity index (χ0n) is 14.4. The third-order valence-corrected chi connectivity index (χ3v) is 4.16. The summed E-state index contributed by atoms with van der Waals surface area (Å²) in [6, 6.07) is 7.19. The van der Waals surface area contributed by atoms with Gasteiger partial charge in [0.25, 0.3) is 11.8 Å². The van der Waals surface area contributed by atoms with E-state index in [0.717, 1.165) is 5.69 Å². The lowest BCUT2D eigenvalue weighted by atomic mass is 10.1. The van der Waals surface area contributed by atoms with Gasteiger partial charge in [0.05, 0.1) is 12.7 Å². The third-order valence-electron chi connectivity index (χ3n) is 4.16. The van der Waals surface area contributed by atoms with Crippen molar-refractivity contribution in [2.75, 3.05) is 32.1 Å². The van der Waals surface area contributed by atoms with Gasteiger partial charge in [0.2, 0.25) is 0 Å². The van der Waals surface area contributed by atoms with Gasteiger partial charge in [0, 0.05) is 31.9 Å². The van der Waals surface area contributed by atoms with Crippen molar-refractivity contribution in [2.45, 2.75) is 26.0 Å². The maximum Gasteiger partial charge on any atom is 0.254 e. The molecule has 1 amide bonds. The molecule has 1 aliphatic heterocycles. The normalized spacial score (nSPS) is 20.9. The Hall–Kier alpha value is -2.41. The van der Waals surface area contributed by atoms with E-state index in [1.807, 2.05) is 50.2 Å². The van der Waals surface area contributed by atoms with Crippen LogP contribution in [-0.4, -0.2) is 54.3 Å². The average molecular weight is 330 g/mol. The predicted molar refractivity (Wildman–Crippen MR) is 89.0 cm³/mol. The van der Waals surface area contributed by atoms with Crippen LogP contribution in [0.25, 0.3) is 0 Å². The number of nitrogens with zero attached hydrogens (tertiary/aromatic N) is 4. The van der Waals surface area contributed by atoms with Crippen molar-refractivity contribution in [3.63, 3.8) is 0 Å². The fourth-order valence-electron chi connectivity index (χ4n) is 2.90. The minimum Gasteiger partial charge on any atom is -0.378 e. The highest BCUT2D eigenvalue weighted by Gasteiger charge is 2.38. The molecule has 0 radical (unpaired) electrons. The van der Waals surface area contributed by atoms with Gasteiger partial charge in [0.15, 0.2) is 5.82 Å². The van der Waals surface area contributed by atoms with Crippen LogP contribution in [0.2, 0.25) is 0 Å². The van der Waals surface area contributed by atoms with E-state index >= 15 is 0 Å². The van der Waals surface area contributed by atoms with Crippen LogP contribution in [0.1, 0.15) is 35.0 Å². The number of carbonyl (C=O) groups excluding carboxylic acids is 1. The molecule has 0 spiro atoms. The van der Waals surface area contributed by atoms with Crippen LogP contribution in [0.5, 0.6) is 0 Å². The molecule has 0 saturated carbocycles. The molecule has 1 fully saturated rings. The molecular weight excluding hydrogens is 308 g/mol. The molecule has 2 aromatic rings. The maximum absolute atomic E-state index is 13.1. The molecule has 2 heterocycles. The molecule has 128 valence electrons. The Morgan fingerprint density at radius 1 is 1.38 bits per heavy atom. The summed E-state index contributed by atoms with van der Waals surface area (Å²) in [4.78, 5) is 21.1. The number of anilines is 1. The summed E-state index contributed by atoms with van der Waals surface area (Å²) in [6.07, 6.45) is -0.209. The van der Waals surface area contributed by atoms with Crippen LogP contribution < -0.4 is 4.90 Å². The highest BCUT2D eigenvalue weighted by Crippen LogP contribution is 2.30. The van der Waals surface area contributed by atoms with Crippen molar-refractivity contribution in [3.8, 4) is 0 Å². The standard InChI is InChI=1S/C17H22N4O3/c1-11-15(16-18-12(2)19-24-16)21(8-9-23-11)17(22)13-6-5-7-14(10-13)20(3)4/h5-7,10-11,15H,8-9H2,1-4H3/t11-,15+/m1/s1. The maximum atomic E-state index is 13.1. The number of rotatable bonds is 3. The average Bonchev–Trinajstić information content (AvgIpc) is 3.00. The SMILES string of the molecule is Cc1noc([C@@H]2[C@@H](C)OCCN2C(=O)c2cccc(N(C)C)c2)n1. The first kappa shape index (κ1) is 16.4. The van der Waals surface area contributed by atoms with Crippen molar-refractivity contribution >= 4 is 11.6 Å². The van der Waals surface area contributed by atoms with Crippen LogP contribution in [0.4, 0.5) is 5.69 Å². The largest absolute Gasteiger partial charge is 0.378 e. The van der Waals surface area contributed by atoms with Gasteiger partial charge in [-0.2, -0.15) is 4.98 Å². The van der Waals surface area contributed by atoms with E-state index in [2.05, 4.69) is 10.1 Å². The van der Waals surface area contributed by atoms with Crippen molar-refractivity contribution in [1.82, 2.24) is 15.0 Å². The van der Waals surface area contributed by atoms with E-state index in [9.17, 15) is 4.79 Å². The van der Waals surface area contributed by atoms with Crippen LogP contribution in [0, 0.1) is 6.92 Å². The Kier molecular flexibility index (Phi) is 4.53. The molecule has 3 rings (SSSR count). The van der Waals surface area contributed by atoms with Gasteiger partial charge in [-0.15, -0.1) is 0 Å². The summed E-state index contributed by atoms with van der Waals surface area (Å²) in [5.74, 6) is 0.899. The van der Waals surface area contributed by atoms with Crippen molar-refractivity contribution < 1.29 is 14.1 Å². The molecule has 7 heteroatoms. The smallest absolute Gasteiger partial charge is 0.254 e. The number of benzene rings is 1. The second-order valence-corrected chi connectivity index (χ2v) is 6.14. The van der Waals surface area contributed by atoms with Gasteiger partial charge in [-0.05, 0) is 32.0 Å². The molecule has 1 aromatic heterocycles. The summed E-state index contributed by atoms with van der Waals surface area (Å²) in [6.45, 7) is 4.65. The number of amides is 1. The van der Waals surface area contributed by atoms with Gasteiger partial charge in [-0.25, -0.2) is 0 Å². The quantitative estimate of drug-likeness (QED) is 0.858. The van der Waals surface area contributed by atoms with E-state index in [0.29, 0.717) is 30.4 Å². The van der Waals surface area contributed by atoms with E-state index in [4.69, 9.17) is 9.26 Å². The molecule has 0 bridgehead atoms. The van der Waals surface area contributed by atoms with Gasteiger partial charge in [0.1, 0.15) is 6.04 Å². The zero-order chi connectivity index (χ0) is 17.3. The minimum absolute atomic E-state index is 0.0605. The van der Waals surface area contributed by atoms with Crippen molar-refractivity contribution in [2.24, 2.45) is 0 Å². The number of aromatic nitrogens is 2. The first-order chi connectivity index (χ1) is 11.5. The molecule has 0 aliphatic carbocycles. The Morgan fingerprint density at radius 2 is 2.17 bits per heavy atom. The van der Waals surface area contributed by atoms with Gasteiger partial charge in [-0.1, -0.05) is 11.2 Å². The van der Waals surface area contributed by atoms with Crippen LogP contribution in [0.3, 0.4) is 0 Å². The Bertz CT molecular complexity index is 728. The predicted octanol–water partition coefficient (Wildman–Crippen LogP) is 2.05. The number of hydrogen-bond donors (Lipinski definition) is 0. The number of ether oxygens (including phenoxy) is 1. The summed E-state index contributed by atoms with van der Waals surface area (Å²) >= 11 is 0. The summed E-state index contributed by atoms with van der Waals surface area (Å²) in [7, 11) is 3.90. The molecule has 1 saturated heterocycles.